The minimum Gasteiger partial charge on any atom is -0.348 e. The second-order valence-electron chi connectivity index (χ2n) is 9.19. The lowest BCUT2D eigenvalue weighted by atomic mass is 10.2. The molecule has 2 amide bonds. The topological polar surface area (TPSA) is 106 Å². The predicted molar refractivity (Wildman–Crippen MR) is 131 cm³/mol. The number of aromatic amines is 1. The van der Waals surface area contributed by atoms with E-state index >= 15 is 0 Å². The van der Waals surface area contributed by atoms with Gasteiger partial charge in [-0.2, -0.15) is 13.2 Å². The molecule has 12 heteroatoms. The van der Waals surface area contributed by atoms with Gasteiger partial charge in [0.2, 0.25) is 11.9 Å². The maximum absolute atomic E-state index is 12.5. The van der Waals surface area contributed by atoms with Crippen molar-refractivity contribution in [3.8, 4) is 0 Å². The first-order valence-corrected chi connectivity index (χ1v) is 12.0. The maximum atomic E-state index is 12.5. The molecule has 194 valence electrons. The number of pyridine rings is 1. The number of anilines is 2. The smallest absolute Gasteiger partial charge is 0.348 e. The van der Waals surface area contributed by atoms with Crippen LogP contribution in [0.3, 0.4) is 0 Å². The quantitative estimate of drug-likeness (QED) is 0.399. The van der Waals surface area contributed by atoms with E-state index in [9.17, 15) is 22.8 Å². The SMILES string of the molecule is O=C(NCC1=CC1)c1ccc2nc(Nc3cc(CN4CCN(C(=O)CC(F)(F)F)CC4)ccn3)[nH]c2c1. The Bertz CT molecular complexity index is 1340. The summed E-state index contributed by atoms with van der Waals surface area (Å²) in [5.41, 5.74) is 4.17. The van der Waals surface area contributed by atoms with Crippen LogP contribution in [0.15, 0.2) is 48.2 Å². The summed E-state index contributed by atoms with van der Waals surface area (Å²) in [5, 5.41) is 6.04. The molecule has 1 fully saturated rings. The number of halogens is 3. The van der Waals surface area contributed by atoms with Gasteiger partial charge in [-0.15, -0.1) is 0 Å². The largest absolute Gasteiger partial charge is 0.397 e. The normalized spacial score (nSPS) is 16.0. The average Bonchev–Trinajstić information content (AvgIpc) is 3.60. The van der Waals surface area contributed by atoms with Gasteiger partial charge in [-0.3, -0.25) is 14.5 Å². The van der Waals surface area contributed by atoms with Crippen LogP contribution in [0.5, 0.6) is 0 Å². The lowest BCUT2D eigenvalue weighted by Crippen LogP contribution is -2.49. The van der Waals surface area contributed by atoms with Crippen molar-refractivity contribution in [2.75, 3.05) is 38.0 Å². The number of hydrogen-bond donors (Lipinski definition) is 3. The third-order valence-corrected chi connectivity index (χ3v) is 6.27. The fourth-order valence-electron chi connectivity index (χ4n) is 4.18. The molecule has 3 aromatic rings. The molecule has 0 unspecified atom stereocenters. The van der Waals surface area contributed by atoms with Crippen LogP contribution >= 0.6 is 0 Å². The molecule has 2 aliphatic rings. The molecule has 1 aliphatic heterocycles. The summed E-state index contributed by atoms with van der Waals surface area (Å²) in [6, 6.07) is 9.02. The predicted octanol–water partition coefficient (Wildman–Crippen LogP) is 3.36. The molecule has 3 heterocycles. The molecule has 0 saturated carbocycles. The van der Waals surface area contributed by atoms with Crippen LogP contribution in [-0.4, -0.2) is 75.5 Å². The molecule has 0 atom stereocenters. The zero-order chi connectivity index (χ0) is 26.0. The van der Waals surface area contributed by atoms with E-state index in [4.69, 9.17) is 0 Å². The van der Waals surface area contributed by atoms with E-state index < -0.39 is 18.5 Å². The highest BCUT2D eigenvalue weighted by molar-refractivity contribution is 5.97. The van der Waals surface area contributed by atoms with Crippen molar-refractivity contribution in [2.24, 2.45) is 0 Å². The minimum absolute atomic E-state index is 0.140. The summed E-state index contributed by atoms with van der Waals surface area (Å²) >= 11 is 0. The summed E-state index contributed by atoms with van der Waals surface area (Å²) < 4.78 is 37.5. The van der Waals surface area contributed by atoms with Crippen LogP contribution in [0.2, 0.25) is 0 Å². The van der Waals surface area contributed by atoms with Gasteiger partial charge in [0.25, 0.3) is 5.91 Å². The summed E-state index contributed by atoms with van der Waals surface area (Å²) in [4.78, 5) is 39.5. The molecule has 9 nitrogen and oxygen atoms in total. The zero-order valence-electron chi connectivity index (χ0n) is 19.9. The van der Waals surface area contributed by atoms with E-state index in [1.807, 2.05) is 12.1 Å². The highest BCUT2D eigenvalue weighted by atomic mass is 19.4. The van der Waals surface area contributed by atoms with Crippen LogP contribution in [-0.2, 0) is 11.3 Å². The molecule has 0 spiro atoms. The van der Waals surface area contributed by atoms with Crippen molar-refractivity contribution < 1.29 is 22.8 Å². The number of nitrogens with zero attached hydrogens (tertiary/aromatic N) is 4. The van der Waals surface area contributed by atoms with Gasteiger partial charge in [-0.25, -0.2) is 9.97 Å². The number of alkyl halides is 3. The molecule has 37 heavy (non-hydrogen) atoms. The fraction of sp³-hybridized carbons (Fsp3) is 0.360. The highest BCUT2D eigenvalue weighted by Crippen LogP contribution is 2.23. The number of piperazine rings is 1. The van der Waals surface area contributed by atoms with Gasteiger partial charge in [0.1, 0.15) is 12.2 Å². The Hall–Kier alpha value is -3.93. The molecular formula is C25H26F3N7O2. The van der Waals surface area contributed by atoms with Crippen LogP contribution in [0.1, 0.15) is 28.8 Å². The number of fused-ring (bicyclic) bond motifs is 1. The summed E-state index contributed by atoms with van der Waals surface area (Å²) in [5.74, 6) is 0.0409. The Morgan fingerprint density at radius 3 is 2.59 bits per heavy atom. The molecule has 1 aromatic carbocycles. The van der Waals surface area contributed by atoms with Gasteiger partial charge in [0.15, 0.2) is 0 Å². The van der Waals surface area contributed by atoms with E-state index in [1.54, 1.807) is 24.4 Å². The summed E-state index contributed by atoms with van der Waals surface area (Å²) in [7, 11) is 0. The fourth-order valence-corrected chi connectivity index (χ4v) is 4.18. The van der Waals surface area contributed by atoms with Crippen LogP contribution in [0, 0.1) is 0 Å². The van der Waals surface area contributed by atoms with Crippen molar-refractivity contribution >= 4 is 34.6 Å². The van der Waals surface area contributed by atoms with Crippen molar-refractivity contribution in [2.45, 2.75) is 25.6 Å². The molecule has 5 rings (SSSR count). The number of nitrogens with one attached hydrogen (secondary N) is 3. The van der Waals surface area contributed by atoms with Gasteiger partial charge < -0.3 is 20.5 Å². The van der Waals surface area contributed by atoms with Gasteiger partial charge in [0.05, 0.1) is 11.0 Å². The zero-order valence-corrected chi connectivity index (χ0v) is 19.9. The van der Waals surface area contributed by atoms with Crippen molar-refractivity contribution in [3.05, 3.63) is 59.3 Å². The number of carbonyl (C=O) groups excluding carboxylic acids is 2. The first-order chi connectivity index (χ1) is 17.7. The van der Waals surface area contributed by atoms with Gasteiger partial charge in [-0.05, 0) is 42.3 Å². The molecule has 1 aliphatic carbocycles. The number of benzene rings is 1. The second kappa shape index (κ2) is 10.2. The highest BCUT2D eigenvalue weighted by Gasteiger charge is 2.34. The number of amides is 2. The monoisotopic (exact) mass is 513 g/mol. The first-order valence-electron chi connectivity index (χ1n) is 12.0. The number of imidazole rings is 1. The van der Waals surface area contributed by atoms with Gasteiger partial charge >= 0.3 is 6.18 Å². The van der Waals surface area contributed by atoms with E-state index in [-0.39, 0.29) is 19.0 Å². The Morgan fingerprint density at radius 1 is 1.08 bits per heavy atom. The Labute approximate surface area is 210 Å². The third kappa shape index (κ3) is 6.64. The standard InChI is InChI=1S/C25H26F3N7O2/c26-25(27,28)13-22(36)35-9-7-34(8-10-35)15-17-5-6-29-21(11-17)33-24-31-19-4-3-18(12-20(19)32-24)23(37)30-14-16-1-2-16/h1,3-6,11-12H,2,7-10,13-15H2,(H,30,37)(H2,29,31,32,33). The Kier molecular flexibility index (Phi) is 6.83. The van der Waals surface area contributed by atoms with E-state index in [0.717, 1.165) is 17.5 Å². The van der Waals surface area contributed by atoms with Crippen LogP contribution < -0.4 is 10.6 Å². The molecule has 2 aromatic heterocycles. The molecular weight excluding hydrogens is 487 g/mol. The first kappa shape index (κ1) is 24.8. The second-order valence-corrected chi connectivity index (χ2v) is 9.19. The van der Waals surface area contributed by atoms with Crippen molar-refractivity contribution in [1.82, 2.24) is 30.1 Å². The van der Waals surface area contributed by atoms with Gasteiger partial charge in [-0.1, -0.05) is 11.6 Å². The van der Waals surface area contributed by atoms with E-state index in [1.165, 1.54) is 10.5 Å². The van der Waals surface area contributed by atoms with E-state index in [0.29, 0.717) is 49.0 Å². The van der Waals surface area contributed by atoms with Crippen molar-refractivity contribution in [3.63, 3.8) is 0 Å². The summed E-state index contributed by atoms with van der Waals surface area (Å²) in [6.45, 7) is 2.66. The molecule has 0 bridgehead atoms. The number of hydrogen-bond acceptors (Lipinski definition) is 6. The van der Waals surface area contributed by atoms with Crippen molar-refractivity contribution in [1.29, 1.82) is 0 Å². The Balaban J connectivity index is 1.17. The maximum Gasteiger partial charge on any atom is 0.397 e. The third-order valence-electron chi connectivity index (χ3n) is 6.27. The Morgan fingerprint density at radius 2 is 1.86 bits per heavy atom. The lowest BCUT2D eigenvalue weighted by Gasteiger charge is -2.35. The van der Waals surface area contributed by atoms with Gasteiger partial charge in [0, 0.05) is 51.0 Å². The van der Waals surface area contributed by atoms with Crippen LogP contribution in [0.4, 0.5) is 24.9 Å². The lowest BCUT2D eigenvalue weighted by molar-refractivity contribution is -0.162. The van der Waals surface area contributed by atoms with E-state index in [2.05, 4.69) is 36.6 Å². The van der Waals surface area contributed by atoms with Crippen LogP contribution in [0.25, 0.3) is 11.0 Å². The molecule has 3 N–H and O–H groups in total. The number of H-pyrrole nitrogens is 1. The molecule has 0 radical (unpaired) electrons. The number of allylic oxidation sites excluding steroid dienone is 1. The minimum atomic E-state index is -4.49. The summed E-state index contributed by atoms with van der Waals surface area (Å²) in [6.07, 6.45) is -1.20. The number of carbonyl (C=O) groups is 2. The molecule has 1 saturated heterocycles. The average molecular weight is 514 g/mol. The number of rotatable bonds is 8. The number of aromatic nitrogens is 3.